The van der Waals surface area contributed by atoms with Gasteiger partial charge in [-0.1, -0.05) is 6.92 Å². The molecule has 18 heavy (non-hydrogen) atoms. The number of carboxylic acid groups (broad SMARTS) is 1. The van der Waals surface area contributed by atoms with Gasteiger partial charge in [0.05, 0.1) is 17.2 Å². The van der Waals surface area contributed by atoms with E-state index < -0.39 is 23.3 Å². The molecule has 0 spiro atoms. The summed E-state index contributed by atoms with van der Waals surface area (Å²) in [5.41, 5.74) is -1.98. The summed E-state index contributed by atoms with van der Waals surface area (Å²) in [5.74, 6) is -1.60. The standard InChI is InChI=1S/C12H13F3O3/c1-3-7(2)18-8-4-5-9(11(16)17)10(6-8)12(13,14)15/h4-7H,3H2,1-2H3,(H,16,17)/t7-/m0/s1. The Morgan fingerprint density at radius 1 is 1.44 bits per heavy atom. The average molecular weight is 262 g/mol. The maximum atomic E-state index is 12.7. The van der Waals surface area contributed by atoms with Crippen LogP contribution in [-0.4, -0.2) is 17.2 Å². The highest BCUT2D eigenvalue weighted by Crippen LogP contribution is 2.34. The fraction of sp³-hybridized carbons (Fsp3) is 0.417. The van der Waals surface area contributed by atoms with E-state index in [-0.39, 0.29) is 11.9 Å². The van der Waals surface area contributed by atoms with E-state index in [1.165, 1.54) is 6.07 Å². The van der Waals surface area contributed by atoms with Gasteiger partial charge >= 0.3 is 12.1 Å². The summed E-state index contributed by atoms with van der Waals surface area (Å²) in [4.78, 5) is 10.7. The molecular weight excluding hydrogens is 249 g/mol. The zero-order valence-corrected chi connectivity index (χ0v) is 9.91. The van der Waals surface area contributed by atoms with Crippen molar-refractivity contribution in [3.63, 3.8) is 0 Å². The topological polar surface area (TPSA) is 46.5 Å². The van der Waals surface area contributed by atoms with Crippen molar-refractivity contribution < 1.29 is 27.8 Å². The third-order valence-electron chi connectivity index (χ3n) is 2.44. The molecule has 0 saturated heterocycles. The molecule has 0 saturated carbocycles. The molecule has 0 unspecified atom stereocenters. The number of halogens is 3. The molecule has 0 amide bonds. The zero-order chi connectivity index (χ0) is 13.9. The monoisotopic (exact) mass is 262 g/mol. The Morgan fingerprint density at radius 2 is 2.06 bits per heavy atom. The number of carbonyl (C=O) groups is 1. The van der Waals surface area contributed by atoms with Gasteiger partial charge in [0.2, 0.25) is 0 Å². The summed E-state index contributed by atoms with van der Waals surface area (Å²) in [6, 6.07) is 2.85. The molecule has 0 radical (unpaired) electrons. The highest BCUT2D eigenvalue weighted by Gasteiger charge is 2.35. The molecule has 0 fully saturated rings. The Balaban J connectivity index is 3.18. The van der Waals surface area contributed by atoms with Gasteiger partial charge in [-0.25, -0.2) is 4.79 Å². The number of rotatable bonds is 4. The molecule has 0 heterocycles. The third-order valence-corrected chi connectivity index (χ3v) is 2.44. The van der Waals surface area contributed by atoms with Gasteiger partial charge in [0, 0.05) is 0 Å². The molecule has 1 N–H and O–H groups in total. The number of hydrogen-bond acceptors (Lipinski definition) is 2. The molecule has 100 valence electrons. The highest BCUT2D eigenvalue weighted by atomic mass is 19.4. The molecule has 3 nitrogen and oxygen atoms in total. The number of benzene rings is 1. The lowest BCUT2D eigenvalue weighted by atomic mass is 10.1. The van der Waals surface area contributed by atoms with E-state index in [2.05, 4.69) is 0 Å². The van der Waals surface area contributed by atoms with Gasteiger partial charge in [-0.05, 0) is 31.5 Å². The van der Waals surface area contributed by atoms with Crippen molar-refractivity contribution in [3.8, 4) is 5.75 Å². The molecular formula is C12H13F3O3. The Morgan fingerprint density at radius 3 is 2.50 bits per heavy atom. The largest absolute Gasteiger partial charge is 0.491 e. The summed E-state index contributed by atoms with van der Waals surface area (Å²) in [6.45, 7) is 3.55. The van der Waals surface area contributed by atoms with E-state index in [0.29, 0.717) is 6.42 Å². The summed E-state index contributed by atoms with van der Waals surface area (Å²) in [5, 5.41) is 8.71. The van der Waals surface area contributed by atoms with Crippen molar-refractivity contribution in [1.29, 1.82) is 0 Å². The quantitative estimate of drug-likeness (QED) is 0.902. The molecule has 1 rings (SSSR count). The second-order valence-corrected chi connectivity index (χ2v) is 3.85. The van der Waals surface area contributed by atoms with Crippen LogP contribution in [0.2, 0.25) is 0 Å². The first-order chi connectivity index (χ1) is 8.25. The van der Waals surface area contributed by atoms with E-state index in [9.17, 15) is 18.0 Å². The minimum absolute atomic E-state index is 0.0154. The van der Waals surface area contributed by atoms with Crippen LogP contribution >= 0.6 is 0 Å². The van der Waals surface area contributed by atoms with Crippen LogP contribution in [0.25, 0.3) is 0 Å². The van der Waals surface area contributed by atoms with Crippen molar-refractivity contribution in [1.82, 2.24) is 0 Å². The van der Waals surface area contributed by atoms with Crippen LogP contribution in [0, 0.1) is 0 Å². The molecule has 0 aliphatic carbocycles. The van der Waals surface area contributed by atoms with Gasteiger partial charge in [0.15, 0.2) is 0 Å². The maximum absolute atomic E-state index is 12.7. The molecule has 0 aliphatic heterocycles. The van der Waals surface area contributed by atoms with Crippen LogP contribution < -0.4 is 4.74 Å². The zero-order valence-electron chi connectivity index (χ0n) is 9.91. The Hall–Kier alpha value is -1.72. The lowest BCUT2D eigenvalue weighted by Crippen LogP contribution is -2.15. The maximum Gasteiger partial charge on any atom is 0.417 e. The normalized spacial score (nSPS) is 13.2. The smallest absolute Gasteiger partial charge is 0.417 e. The minimum atomic E-state index is -4.72. The second-order valence-electron chi connectivity index (χ2n) is 3.85. The molecule has 6 heteroatoms. The lowest BCUT2D eigenvalue weighted by molar-refractivity contribution is -0.138. The predicted octanol–water partition coefficient (Wildman–Crippen LogP) is 3.58. The van der Waals surface area contributed by atoms with E-state index in [1.807, 2.05) is 6.92 Å². The van der Waals surface area contributed by atoms with Crippen molar-refractivity contribution >= 4 is 5.97 Å². The fourth-order valence-electron chi connectivity index (χ4n) is 1.33. The van der Waals surface area contributed by atoms with Crippen LogP contribution in [0.1, 0.15) is 36.2 Å². The molecule has 1 atom stereocenters. The minimum Gasteiger partial charge on any atom is -0.491 e. The van der Waals surface area contributed by atoms with E-state index in [1.54, 1.807) is 6.92 Å². The van der Waals surface area contributed by atoms with Gasteiger partial charge in [0.25, 0.3) is 0 Å². The first-order valence-corrected chi connectivity index (χ1v) is 5.37. The number of alkyl halides is 3. The second kappa shape index (κ2) is 5.29. The van der Waals surface area contributed by atoms with Crippen molar-refractivity contribution in [2.24, 2.45) is 0 Å². The summed E-state index contributed by atoms with van der Waals surface area (Å²) in [6.07, 6.45) is -4.31. The van der Waals surface area contributed by atoms with Gasteiger partial charge in [-0.3, -0.25) is 0 Å². The Kier molecular flexibility index (Phi) is 4.21. The molecule has 0 bridgehead atoms. The number of carboxylic acids is 1. The van der Waals surface area contributed by atoms with Crippen LogP contribution in [0.5, 0.6) is 5.75 Å². The molecule has 0 aliphatic rings. The van der Waals surface area contributed by atoms with E-state index >= 15 is 0 Å². The van der Waals surface area contributed by atoms with E-state index in [0.717, 1.165) is 12.1 Å². The average Bonchev–Trinajstić information content (AvgIpc) is 2.27. The van der Waals surface area contributed by atoms with Gasteiger partial charge in [-0.15, -0.1) is 0 Å². The van der Waals surface area contributed by atoms with Crippen LogP contribution in [-0.2, 0) is 6.18 Å². The Labute approximate surface area is 102 Å². The van der Waals surface area contributed by atoms with Crippen LogP contribution in [0.15, 0.2) is 18.2 Å². The summed E-state index contributed by atoms with van der Waals surface area (Å²) in [7, 11) is 0. The lowest BCUT2D eigenvalue weighted by Gasteiger charge is -2.16. The first-order valence-electron chi connectivity index (χ1n) is 5.37. The first kappa shape index (κ1) is 14.3. The SMILES string of the molecule is CC[C@H](C)Oc1ccc(C(=O)O)c(C(F)(F)F)c1. The van der Waals surface area contributed by atoms with Gasteiger partial charge in [0.1, 0.15) is 5.75 Å². The summed E-state index contributed by atoms with van der Waals surface area (Å²) >= 11 is 0. The molecule has 1 aromatic rings. The third kappa shape index (κ3) is 3.38. The van der Waals surface area contributed by atoms with Crippen molar-refractivity contribution in [2.75, 3.05) is 0 Å². The Bertz CT molecular complexity index is 441. The number of aromatic carboxylic acids is 1. The molecule has 0 aromatic heterocycles. The predicted molar refractivity (Wildman–Crippen MR) is 58.8 cm³/mol. The highest BCUT2D eigenvalue weighted by molar-refractivity contribution is 5.89. The van der Waals surface area contributed by atoms with Gasteiger partial charge in [-0.2, -0.15) is 13.2 Å². The van der Waals surface area contributed by atoms with Crippen LogP contribution in [0.3, 0.4) is 0 Å². The van der Waals surface area contributed by atoms with E-state index in [4.69, 9.17) is 9.84 Å². The molecule has 1 aromatic carbocycles. The fourth-order valence-corrected chi connectivity index (χ4v) is 1.33. The van der Waals surface area contributed by atoms with Crippen molar-refractivity contribution in [2.45, 2.75) is 32.5 Å². The van der Waals surface area contributed by atoms with Gasteiger partial charge < -0.3 is 9.84 Å². The number of hydrogen-bond donors (Lipinski definition) is 1. The van der Waals surface area contributed by atoms with Crippen LogP contribution in [0.4, 0.5) is 13.2 Å². The number of ether oxygens (including phenoxy) is 1. The van der Waals surface area contributed by atoms with Crippen molar-refractivity contribution in [3.05, 3.63) is 29.3 Å². The summed E-state index contributed by atoms with van der Waals surface area (Å²) < 4.78 is 43.3.